The van der Waals surface area contributed by atoms with Gasteiger partial charge >= 0.3 is 0 Å². The summed E-state index contributed by atoms with van der Waals surface area (Å²) in [6.07, 6.45) is 5.15. The number of nitrogens with zero attached hydrogens (tertiary/aromatic N) is 3. The molecule has 4 nitrogen and oxygen atoms in total. The number of likely N-dealkylation sites (tertiary alicyclic amines) is 1. The van der Waals surface area contributed by atoms with Crippen molar-refractivity contribution in [3.63, 3.8) is 0 Å². The molecule has 1 aliphatic rings. The first-order chi connectivity index (χ1) is 8.29. The van der Waals surface area contributed by atoms with Crippen molar-refractivity contribution in [2.75, 3.05) is 20.1 Å². The van der Waals surface area contributed by atoms with E-state index >= 15 is 0 Å². The van der Waals surface area contributed by atoms with Crippen LogP contribution in [0.1, 0.15) is 30.7 Å². The molecule has 6 heteroatoms. The fourth-order valence-electron chi connectivity index (χ4n) is 2.38. The number of piperidine rings is 1. The van der Waals surface area contributed by atoms with Crippen molar-refractivity contribution >= 4 is 22.9 Å². The molecule has 0 radical (unpaired) electrons. The lowest BCUT2D eigenvalue weighted by molar-refractivity contribution is 0.132. The minimum atomic E-state index is 0.545. The lowest BCUT2D eigenvalue weighted by atomic mass is 9.99. The summed E-state index contributed by atoms with van der Waals surface area (Å²) in [5.41, 5.74) is 0. The van der Waals surface area contributed by atoms with Crippen LogP contribution >= 0.6 is 22.9 Å². The molecular formula is C11H19ClN4S. The second kappa shape index (κ2) is 6.64. The Kier molecular flexibility index (Phi) is 5.16. The van der Waals surface area contributed by atoms with Gasteiger partial charge in [0.2, 0.25) is 4.47 Å². The number of nitrogens with one attached hydrogen (secondary N) is 1. The second-order valence-corrected chi connectivity index (χ2v) is 6.11. The van der Waals surface area contributed by atoms with Gasteiger partial charge in [-0.15, -0.1) is 10.2 Å². The molecule has 2 rings (SSSR count). The topological polar surface area (TPSA) is 41.0 Å². The van der Waals surface area contributed by atoms with E-state index in [1.807, 2.05) is 7.05 Å². The van der Waals surface area contributed by atoms with Gasteiger partial charge < -0.3 is 5.32 Å². The van der Waals surface area contributed by atoms with Crippen molar-refractivity contribution in [1.29, 1.82) is 0 Å². The third-order valence-corrected chi connectivity index (χ3v) is 4.26. The van der Waals surface area contributed by atoms with Crippen LogP contribution in [0.15, 0.2) is 0 Å². The van der Waals surface area contributed by atoms with Crippen molar-refractivity contribution in [2.45, 2.75) is 38.3 Å². The molecule has 0 aliphatic carbocycles. The standard InChI is InChI=1S/C11H19ClN4S/c1-13-6-5-9-4-2-3-7-16(9)8-10-14-15-11(12)17-10/h9,13H,2-8H2,1H3. The second-order valence-electron chi connectivity index (χ2n) is 4.46. The molecule has 1 N–H and O–H groups in total. The Morgan fingerprint density at radius 3 is 3.06 bits per heavy atom. The molecule has 1 unspecified atom stereocenters. The smallest absolute Gasteiger partial charge is 0.207 e. The van der Waals surface area contributed by atoms with E-state index in [1.165, 1.54) is 43.6 Å². The van der Waals surface area contributed by atoms with Gasteiger partial charge in [-0.1, -0.05) is 17.8 Å². The van der Waals surface area contributed by atoms with Crippen molar-refractivity contribution in [3.8, 4) is 0 Å². The minimum Gasteiger partial charge on any atom is -0.320 e. The highest BCUT2D eigenvalue weighted by Crippen LogP contribution is 2.23. The molecular weight excluding hydrogens is 256 g/mol. The van der Waals surface area contributed by atoms with E-state index in [2.05, 4.69) is 20.4 Å². The largest absolute Gasteiger partial charge is 0.320 e. The van der Waals surface area contributed by atoms with Crippen molar-refractivity contribution < 1.29 is 0 Å². The monoisotopic (exact) mass is 274 g/mol. The van der Waals surface area contributed by atoms with Crippen molar-refractivity contribution in [3.05, 3.63) is 9.47 Å². The molecule has 17 heavy (non-hydrogen) atoms. The zero-order valence-electron chi connectivity index (χ0n) is 10.2. The Morgan fingerprint density at radius 2 is 2.35 bits per heavy atom. The fourth-order valence-corrected chi connectivity index (χ4v) is 3.27. The summed E-state index contributed by atoms with van der Waals surface area (Å²) in [5, 5.41) is 12.2. The first kappa shape index (κ1) is 13.2. The normalized spacial score (nSPS) is 21.9. The average molecular weight is 275 g/mol. The van der Waals surface area contributed by atoms with E-state index in [9.17, 15) is 0 Å². The predicted molar refractivity (Wildman–Crippen MR) is 71.5 cm³/mol. The van der Waals surface area contributed by atoms with Crippen LogP contribution in [0.5, 0.6) is 0 Å². The number of rotatable bonds is 5. The van der Waals surface area contributed by atoms with Crippen LogP contribution in [-0.4, -0.2) is 41.3 Å². The van der Waals surface area contributed by atoms with E-state index in [0.29, 0.717) is 10.5 Å². The van der Waals surface area contributed by atoms with Crippen LogP contribution in [0, 0.1) is 0 Å². The SMILES string of the molecule is CNCCC1CCCCN1Cc1nnc(Cl)s1. The van der Waals surface area contributed by atoms with Gasteiger partial charge in [0.25, 0.3) is 0 Å². The van der Waals surface area contributed by atoms with Gasteiger partial charge in [0, 0.05) is 6.04 Å². The van der Waals surface area contributed by atoms with Crippen LogP contribution in [0.2, 0.25) is 4.47 Å². The van der Waals surface area contributed by atoms with Crippen LogP contribution in [-0.2, 0) is 6.54 Å². The maximum atomic E-state index is 5.81. The summed E-state index contributed by atoms with van der Waals surface area (Å²) >= 11 is 7.31. The summed E-state index contributed by atoms with van der Waals surface area (Å²) < 4.78 is 0.545. The predicted octanol–water partition coefficient (Wildman–Crippen LogP) is 2.16. The molecule has 1 fully saturated rings. The van der Waals surface area contributed by atoms with Gasteiger partial charge in [0.1, 0.15) is 5.01 Å². The Morgan fingerprint density at radius 1 is 1.47 bits per heavy atom. The molecule has 0 amide bonds. The summed E-state index contributed by atoms with van der Waals surface area (Å²) in [4.78, 5) is 2.53. The molecule has 0 aromatic carbocycles. The van der Waals surface area contributed by atoms with Crippen molar-refractivity contribution in [2.24, 2.45) is 0 Å². The van der Waals surface area contributed by atoms with Crippen LogP contribution in [0.25, 0.3) is 0 Å². The Hall–Kier alpha value is -0.230. The Balaban J connectivity index is 1.91. The molecule has 2 heterocycles. The fraction of sp³-hybridized carbons (Fsp3) is 0.818. The highest BCUT2D eigenvalue weighted by Gasteiger charge is 2.22. The highest BCUT2D eigenvalue weighted by molar-refractivity contribution is 7.15. The number of aromatic nitrogens is 2. The summed E-state index contributed by atoms with van der Waals surface area (Å²) in [6, 6.07) is 0.680. The van der Waals surface area contributed by atoms with Gasteiger partial charge in [-0.05, 0) is 51.0 Å². The van der Waals surface area contributed by atoms with Crippen LogP contribution in [0.3, 0.4) is 0 Å². The molecule has 0 saturated carbocycles. The lowest BCUT2D eigenvalue weighted by Crippen LogP contribution is -2.40. The summed E-state index contributed by atoms with van der Waals surface area (Å²) in [7, 11) is 2.01. The van der Waals surface area contributed by atoms with Gasteiger partial charge in [0.15, 0.2) is 0 Å². The minimum absolute atomic E-state index is 0.545. The van der Waals surface area contributed by atoms with E-state index < -0.39 is 0 Å². The molecule has 96 valence electrons. The first-order valence-electron chi connectivity index (χ1n) is 6.16. The van der Waals surface area contributed by atoms with Gasteiger partial charge in [-0.3, -0.25) is 4.90 Å². The molecule has 1 aromatic rings. The van der Waals surface area contributed by atoms with Gasteiger partial charge in [0.05, 0.1) is 6.54 Å². The number of halogens is 1. The zero-order chi connectivity index (χ0) is 12.1. The van der Waals surface area contributed by atoms with E-state index in [1.54, 1.807) is 0 Å². The van der Waals surface area contributed by atoms with Crippen LogP contribution < -0.4 is 5.32 Å². The summed E-state index contributed by atoms with van der Waals surface area (Å²) in [6.45, 7) is 3.16. The molecule has 1 saturated heterocycles. The maximum absolute atomic E-state index is 5.81. The van der Waals surface area contributed by atoms with Gasteiger partial charge in [-0.25, -0.2) is 0 Å². The third-order valence-electron chi connectivity index (χ3n) is 3.26. The quantitative estimate of drug-likeness (QED) is 0.893. The Bertz CT molecular complexity index is 344. The van der Waals surface area contributed by atoms with Gasteiger partial charge in [-0.2, -0.15) is 0 Å². The molecule has 0 spiro atoms. The number of hydrogen-bond acceptors (Lipinski definition) is 5. The molecule has 1 atom stereocenters. The summed E-state index contributed by atoms with van der Waals surface area (Å²) in [5.74, 6) is 0. The van der Waals surface area contributed by atoms with E-state index in [-0.39, 0.29) is 0 Å². The average Bonchev–Trinajstić information content (AvgIpc) is 2.74. The lowest BCUT2D eigenvalue weighted by Gasteiger charge is -2.35. The molecule has 0 bridgehead atoms. The van der Waals surface area contributed by atoms with E-state index in [0.717, 1.165) is 18.1 Å². The first-order valence-corrected chi connectivity index (χ1v) is 7.35. The zero-order valence-corrected chi connectivity index (χ0v) is 11.7. The van der Waals surface area contributed by atoms with Crippen LogP contribution in [0.4, 0.5) is 0 Å². The molecule has 1 aromatic heterocycles. The Labute approximate surface area is 111 Å². The number of hydrogen-bond donors (Lipinski definition) is 1. The molecule has 1 aliphatic heterocycles. The van der Waals surface area contributed by atoms with E-state index in [4.69, 9.17) is 11.6 Å². The third kappa shape index (κ3) is 3.88. The van der Waals surface area contributed by atoms with Crippen molar-refractivity contribution in [1.82, 2.24) is 20.4 Å². The highest BCUT2D eigenvalue weighted by atomic mass is 35.5. The maximum Gasteiger partial charge on any atom is 0.207 e.